The number of aromatic nitrogens is 5. The first-order chi connectivity index (χ1) is 13.6. The molecule has 28 heavy (non-hydrogen) atoms. The number of nitrogens with zero attached hydrogens (tertiary/aromatic N) is 6. The van der Waals surface area contributed by atoms with Crippen LogP contribution in [0.15, 0.2) is 42.3 Å². The van der Waals surface area contributed by atoms with E-state index >= 15 is 0 Å². The first kappa shape index (κ1) is 18.4. The van der Waals surface area contributed by atoms with Gasteiger partial charge in [-0.05, 0) is 13.0 Å². The molecular formula is C17H19N7O4. The van der Waals surface area contributed by atoms with Gasteiger partial charge in [-0.15, -0.1) is 0 Å². The lowest BCUT2D eigenvalue weighted by atomic mass is 10.1. The lowest BCUT2D eigenvalue weighted by Crippen LogP contribution is -2.33. The van der Waals surface area contributed by atoms with Crippen LogP contribution in [-0.4, -0.2) is 70.5 Å². The molecule has 0 aliphatic carbocycles. The molecule has 1 saturated heterocycles. The Bertz CT molecular complexity index is 994. The number of aliphatic hydroxyl groups excluding tert-OH is 3. The van der Waals surface area contributed by atoms with Gasteiger partial charge in [-0.1, -0.05) is 6.07 Å². The van der Waals surface area contributed by atoms with Gasteiger partial charge in [0.15, 0.2) is 23.2 Å². The van der Waals surface area contributed by atoms with E-state index in [-0.39, 0.29) is 0 Å². The molecule has 11 nitrogen and oxygen atoms in total. The number of hydrogen-bond donors (Lipinski definition) is 4. The molecule has 1 fully saturated rings. The van der Waals surface area contributed by atoms with Crippen LogP contribution < -0.4 is 5.43 Å². The number of hydrogen-bond acceptors (Lipinski definition) is 10. The summed E-state index contributed by atoms with van der Waals surface area (Å²) in [6.07, 6.45) is 1.89. The Morgan fingerprint density at radius 1 is 1.29 bits per heavy atom. The summed E-state index contributed by atoms with van der Waals surface area (Å²) in [6.45, 7) is 1.42. The van der Waals surface area contributed by atoms with Crippen molar-refractivity contribution in [3.05, 3.63) is 42.7 Å². The third-order valence-corrected chi connectivity index (χ3v) is 4.56. The number of anilines is 1. The van der Waals surface area contributed by atoms with Crippen LogP contribution in [0.5, 0.6) is 0 Å². The Labute approximate surface area is 159 Å². The molecule has 0 bridgehead atoms. The van der Waals surface area contributed by atoms with E-state index in [0.717, 1.165) is 5.56 Å². The number of aliphatic hydroxyl groups is 3. The minimum atomic E-state index is -1.23. The molecule has 11 heteroatoms. The molecule has 0 saturated carbocycles. The maximum atomic E-state index is 10.2. The highest BCUT2D eigenvalue weighted by Gasteiger charge is 2.44. The van der Waals surface area contributed by atoms with Crippen LogP contribution >= 0.6 is 0 Å². The van der Waals surface area contributed by atoms with Gasteiger partial charge in [-0.25, -0.2) is 15.0 Å². The average Bonchev–Trinajstić information content (AvgIpc) is 3.28. The van der Waals surface area contributed by atoms with Crippen molar-refractivity contribution in [1.29, 1.82) is 0 Å². The predicted molar refractivity (Wildman–Crippen MR) is 98.4 cm³/mol. The zero-order valence-corrected chi connectivity index (χ0v) is 14.9. The molecule has 3 aromatic heterocycles. The summed E-state index contributed by atoms with van der Waals surface area (Å²) in [5.41, 5.74) is 5.25. The summed E-state index contributed by atoms with van der Waals surface area (Å²) in [4.78, 5) is 16.7. The van der Waals surface area contributed by atoms with E-state index in [1.807, 2.05) is 19.1 Å². The standard InChI is InChI=1S/C17H19N7O4/c1-9(10-3-2-4-18-5-10)22-23-15-12-16(20-7-19-15)24(8-21-12)17-14(27)13(26)11(6-25)28-17/h2-5,7-8,11,13-14,17,25-27H,6H2,1H3,(H,19,20,23)/t11-,13?,14?,17-/m1/s1. The van der Waals surface area contributed by atoms with Gasteiger partial charge in [0.2, 0.25) is 0 Å². The van der Waals surface area contributed by atoms with E-state index < -0.39 is 31.1 Å². The van der Waals surface area contributed by atoms with Crippen molar-refractivity contribution in [2.45, 2.75) is 31.5 Å². The second-order valence-electron chi connectivity index (χ2n) is 6.33. The van der Waals surface area contributed by atoms with Gasteiger partial charge in [-0.3, -0.25) is 15.0 Å². The van der Waals surface area contributed by atoms with Gasteiger partial charge in [0.1, 0.15) is 24.6 Å². The zero-order valence-electron chi connectivity index (χ0n) is 14.9. The molecular weight excluding hydrogens is 366 g/mol. The fraction of sp³-hybridized carbons (Fsp3) is 0.353. The van der Waals surface area contributed by atoms with Gasteiger partial charge in [-0.2, -0.15) is 5.10 Å². The average molecular weight is 385 g/mol. The van der Waals surface area contributed by atoms with Crippen LogP contribution in [0.1, 0.15) is 18.7 Å². The molecule has 4 heterocycles. The zero-order chi connectivity index (χ0) is 19.7. The second-order valence-corrected chi connectivity index (χ2v) is 6.33. The molecule has 0 aromatic carbocycles. The fourth-order valence-electron chi connectivity index (χ4n) is 3.01. The summed E-state index contributed by atoms with van der Waals surface area (Å²) >= 11 is 0. The van der Waals surface area contributed by atoms with Crippen molar-refractivity contribution in [3.8, 4) is 0 Å². The van der Waals surface area contributed by atoms with Crippen molar-refractivity contribution in [1.82, 2.24) is 24.5 Å². The number of nitrogens with one attached hydrogen (secondary N) is 1. The Balaban J connectivity index is 1.63. The van der Waals surface area contributed by atoms with E-state index in [1.165, 1.54) is 17.2 Å². The number of imidazole rings is 1. The summed E-state index contributed by atoms with van der Waals surface area (Å²) in [7, 11) is 0. The maximum Gasteiger partial charge on any atom is 0.177 e. The van der Waals surface area contributed by atoms with E-state index in [2.05, 4.69) is 30.5 Å². The Kier molecular flexibility index (Phi) is 4.96. The Morgan fingerprint density at radius 3 is 2.86 bits per heavy atom. The molecule has 1 aliphatic rings. The minimum Gasteiger partial charge on any atom is -0.394 e. The topological polar surface area (TPSA) is 151 Å². The molecule has 1 aliphatic heterocycles. The number of pyridine rings is 1. The van der Waals surface area contributed by atoms with Crippen LogP contribution in [-0.2, 0) is 4.74 Å². The normalized spacial score (nSPS) is 25.4. The second kappa shape index (κ2) is 7.56. The van der Waals surface area contributed by atoms with Crippen molar-refractivity contribution in [2.24, 2.45) is 5.10 Å². The monoisotopic (exact) mass is 385 g/mol. The molecule has 0 radical (unpaired) electrons. The lowest BCUT2D eigenvalue weighted by Gasteiger charge is -2.16. The molecule has 4 rings (SSSR count). The van der Waals surface area contributed by atoms with E-state index in [1.54, 1.807) is 12.4 Å². The van der Waals surface area contributed by atoms with Gasteiger partial charge >= 0.3 is 0 Å². The summed E-state index contributed by atoms with van der Waals surface area (Å²) in [5, 5.41) is 33.8. The first-order valence-electron chi connectivity index (χ1n) is 8.61. The molecule has 4 N–H and O–H groups in total. The lowest BCUT2D eigenvalue weighted by molar-refractivity contribution is -0.0511. The van der Waals surface area contributed by atoms with Crippen molar-refractivity contribution in [3.63, 3.8) is 0 Å². The largest absolute Gasteiger partial charge is 0.394 e. The number of fused-ring (bicyclic) bond motifs is 1. The van der Waals surface area contributed by atoms with Crippen LogP contribution in [0, 0.1) is 0 Å². The van der Waals surface area contributed by atoms with Crippen LogP contribution in [0.2, 0.25) is 0 Å². The van der Waals surface area contributed by atoms with Gasteiger partial charge < -0.3 is 20.1 Å². The maximum absolute atomic E-state index is 10.2. The summed E-state index contributed by atoms with van der Waals surface area (Å²) in [5.74, 6) is 0.374. The molecule has 2 unspecified atom stereocenters. The van der Waals surface area contributed by atoms with E-state index in [9.17, 15) is 15.3 Å². The van der Waals surface area contributed by atoms with Crippen molar-refractivity contribution in [2.75, 3.05) is 12.0 Å². The third kappa shape index (κ3) is 3.20. The highest BCUT2D eigenvalue weighted by Crippen LogP contribution is 2.32. The first-order valence-corrected chi connectivity index (χ1v) is 8.61. The summed E-state index contributed by atoms with van der Waals surface area (Å²) < 4.78 is 7.03. The van der Waals surface area contributed by atoms with Gasteiger partial charge in [0.25, 0.3) is 0 Å². The number of rotatable bonds is 5. The quantitative estimate of drug-likeness (QED) is 0.342. The predicted octanol–water partition coefficient (Wildman–Crippen LogP) is -0.331. The Morgan fingerprint density at radius 2 is 2.14 bits per heavy atom. The van der Waals surface area contributed by atoms with E-state index in [0.29, 0.717) is 22.7 Å². The van der Waals surface area contributed by atoms with Crippen LogP contribution in [0.25, 0.3) is 11.2 Å². The van der Waals surface area contributed by atoms with Crippen molar-refractivity contribution >= 4 is 22.7 Å². The molecule has 4 atom stereocenters. The van der Waals surface area contributed by atoms with Gasteiger partial charge in [0, 0.05) is 18.0 Å². The fourth-order valence-corrected chi connectivity index (χ4v) is 3.01. The summed E-state index contributed by atoms with van der Waals surface area (Å²) in [6, 6.07) is 3.71. The Hall–Kier alpha value is -2.99. The van der Waals surface area contributed by atoms with E-state index in [4.69, 9.17) is 4.74 Å². The number of hydrazone groups is 1. The highest BCUT2D eigenvalue weighted by atomic mass is 16.6. The SMILES string of the molecule is CC(=NNc1ncnc2c1ncn2[C@@H]1O[C@H](CO)C(O)C1O)c1cccnc1. The highest BCUT2D eigenvalue weighted by molar-refractivity contribution is 5.99. The van der Waals surface area contributed by atoms with Crippen LogP contribution in [0.3, 0.4) is 0 Å². The molecule has 3 aromatic rings. The molecule has 0 spiro atoms. The van der Waals surface area contributed by atoms with Crippen LogP contribution in [0.4, 0.5) is 5.82 Å². The number of ether oxygens (including phenoxy) is 1. The molecule has 146 valence electrons. The smallest absolute Gasteiger partial charge is 0.177 e. The minimum absolute atomic E-state index is 0.374. The molecule has 0 amide bonds. The van der Waals surface area contributed by atoms with Crippen molar-refractivity contribution < 1.29 is 20.1 Å². The third-order valence-electron chi connectivity index (χ3n) is 4.56. The van der Waals surface area contributed by atoms with Gasteiger partial charge in [0.05, 0.1) is 18.6 Å².